The number of primary amides is 1. The number of hydrogen-bond acceptors (Lipinski definition) is 14. The second-order valence-corrected chi connectivity index (χ2v) is 22.3. The maximum Gasteiger partial charge on any atom is 0.274 e. The van der Waals surface area contributed by atoms with Gasteiger partial charge in [0.25, 0.3) is 5.56 Å². The van der Waals surface area contributed by atoms with Gasteiger partial charge in [-0.15, -0.1) is 11.3 Å². The number of aliphatic hydroxyl groups is 1. The molecule has 71 heavy (non-hydrogen) atoms. The molecule has 382 valence electrons. The smallest absolute Gasteiger partial charge is 0.274 e. The van der Waals surface area contributed by atoms with Gasteiger partial charge in [0, 0.05) is 106 Å². The molecular weight excluding hydrogens is 953 g/mol. The molecule has 7 rings (SSSR count). The second kappa shape index (κ2) is 22.6. The number of anilines is 1. The lowest BCUT2D eigenvalue weighted by atomic mass is 9.85. The fourth-order valence-electron chi connectivity index (χ4n) is 9.15. The highest BCUT2D eigenvalue weighted by Crippen LogP contribution is 2.43. The number of pyridine rings is 1. The first kappa shape index (κ1) is 52.8. The first-order valence-corrected chi connectivity index (χ1v) is 26.5. The van der Waals surface area contributed by atoms with E-state index in [1.165, 1.54) is 9.47 Å². The number of carbonyl (C=O) groups excluding carboxylic acids is 4. The van der Waals surface area contributed by atoms with Crippen LogP contribution in [0.4, 0.5) is 5.69 Å². The maximum absolute atomic E-state index is 14.0. The number of carbonyl (C=O) groups is 4. The van der Waals surface area contributed by atoms with Crippen LogP contribution in [-0.4, -0.2) is 127 Å². The van der Waals surface area contributed by atoms with Crippen LogP contribution < -0.4 is 27.2 Å². The Bertz CT molecular complexity index is 2940. The number of aliphatic hydroxyl groups excluding tert-OH is 1. The Morgan fingerprint density at radius 1 is 1.03 bits per heavy atom. The SMILES string of the molecule is Cc1ncsc1-c1ccc(CNC(=O)[C@@H]2C[C@@H](O)CN2C(=O)[C@@H](NC(=O)COCCCOCCCOCCc2c(CS(C)(=O)=O)c(C(N)=O)cc3c2-c2cn(C)c(=O)c4[nH]cc(c24)CN3)C(C)(C)C)cc1. The number of nitrogens with one attached hydrogen (secondary N) is 4. The molecule has 0 aliphatic carbocycles. The van der Waals surface area contributed by atoms with Gasteiger partial charge in [-0.1, -0.05) is 45.0 Å². The summed E-state index contributed by atoms with van der Waals surface area (Å²) in [5.41, 5.74) is 13.8. The molecule has 0 spiro atoms. The zero-order chi connectivity index (χ0) is 51.2. The monoisotopic (exact) mass is 1020 g/mol. The van der Waals surface area contributed by atoms with Crippen LogP contribution in [0, 0.1) is 12.3 Å². The lowest BCUT2D eigenvalue weighted by molar-refractivity contribution is -0.144. The number of aromatic nitrogens is 3. The van der Waals surface area contributed by atoms with Crippen LogP contribution in [0.5, 0.6) is 0 Å². The van der Waals surface area contributed by atoms with Gasteiger partial charge in [0.05, 0.1) is 34.5 Å². The highest BCUT2D eigenvalue weighted by Gasteiger charge is 2.44. The molecule has 4 amide bonds. The van der Waals surface area contributed by atoms with Crippen LogP contribution in [0.1, 0.15) is 78.3 Å². The Labute approximate surface area is 416 Å². The molecule has 0 bridgehead atoms. The van der Waals surface area contributed by atoms with Gasteiger partial charge in [0.15, 0.2) is 9.84 Å². The largest absolute Gasteiger partial charge is 0.391 e. The average Bonchev–Trinajstić information content (AvgIpc) is 4.03. The summed E-state index contributed by atoms with van der Waals surface area (Å²) in [4.78, 5) is 76.2. The molecule has 5 heterocycles. The van der Waals surface area contributed by atoms with Crippen LogP contribution in [-0.2, 0) is 70.7 Å². The number of ether oxygens (including phenoxy) is 3. The zero-order valence-corrected chi connectivity index (χ0v) is 42.6. The number of aryl methyl sites for hydroxylation is 2. The molecule has 3 atom stereocenters. The fourth-order valence-corrected chi connectivity index (χ4v) is 10.8. The summed E-state index contributed by atoms with van der Waals surface area (Å²) >= 11 is 1.56. The Morgan fingerprint density at radius 3 is 2.37 bits per heavy atom. The highest BCUT2D eigenvalue weighted by atomic mass is 32.2. The van der Waals surface area contributed by atoms with Gasteiger partial charge in [0.2, 0.25) is 23.6 Å². The molecule has 1 fully saturated rings. The van der Waals surface area contributed by atoms with E-state index in [9.17, 15) is 37.5 Å². The number of aromatic amines is 1. The number of rotatable bonds is 22. The molecule has 0 radical (unpaired) electrons. The van der Waals surface area contributed by atoms with E-state index in [1.54, 1.807) is 42.4 Å². The molecule has 2 aliphatic rings. The number of likely N-dealkylation sites (tertiary alicyclic amines) is 1. The normalized spacial score (nSPS) is 16.1. The minimum absolute atomic E-state index is 0.0383. The van der Waals surface area contributed by atoms with Gasteiger partial charge in [0.1, 0.15) is 24.2 Å². The van der Waals surface area contributed by atoms with Crippen molar-refractivity contribution in [3.63, 3.8) is 0 Å². The molecule has 1 saturated heterocycles. The van der Waals surface area contributed by atoms with Crippen LogP contribution in [0.25, 0.3) is 32.5 Å². The number of H-pyrrole nitrogens is 1. The van der Waals surface area contributed by atoms with Crippen LogP contribution in [0.3, 0.4) is 0 Å². The van der Waals surface area contributed by atoms with Gasteiger partial charge < -0.3 is 55.5 Å². The Morgan fingerprint density at radius 2 is 1.72 bits per heavy atom. The summed E-state index contributed by atoms with van der Waals surface area (Å²) in [7, 11) is -1.96. The van der Waals surface area contributed by atoms with E-state index in [1.807, 2.05) is 52.0 Å². The number of nitrogens with zero attached hydrogens (tertiary/aromatic N) is 3. The first-order chi connectivity index (χ1) is 33.7. The summed E-state index contributed by atoms with van der Waals surface area (Å²) in [6.07, 6.45) is 5.07. The van der Waals surface area contributed by atoms with Gasteiger partial charge in [-0.3, -0.25) is 24.0 Å². The molecule has 0 unspecified atom stereocenters. The zero-order valence-electron chi connectivity index (χ0n) is 41.0. The third-order valence-electron chi connectivity index (χ3n) is 12.6. The molecule has 3 aromatic heterocycles. The summed E-state index contributed by atoms with van der Waals surface area (Å²) in [6, 6.07) is 7.51. The van der Waals surface area contributed by atoms with Crippen molar-refractivity contribution in [1.82, 2.24) is 30.1 Å². The topological polar surface area (TPSA) is 266 Å². The number of fused-ring (bicyclic) bond motifs is 2. The lowest BCUT2D eigenvalue weighted by Gasteiger charge is -2.35. The average molecular weight is 1020 g/mol. The van der Waals surface area contributed by atoms with Crippen LogP contribution >= 0.6 is 11.3 Å². The number of β-amino-alcohol motifs (C(OH)–C–C–N with tert-alkyl or cyclic N) is 1. The molecule has 7 N–H and O–H groups in total. The van der Waals surface area contributed by atoms with E-state index >= 15 is 0 Å². The third kappa shape index (κ3) is 12.7. The fraction of sp³-hybridized carbons (Fsp3) is 0.480. The minimum atomic E-state index is -3.61. The Balaban J connectivity index is 0.845. The highest BCUT2D eigenvalue weighted by molar-refractivity contribution is 7.89. The molecule has 5 aromatic rings. The van der Waals surface area contributed by atoms with Gasteiger partial charge in [-0.25, -0.2) is 13.4 Å². The summed E-state index contributed by atoms with van der Waals surface area (Å²) in [5.74, 6) is -2.53. The number of thiazole rings is 1. The second-order valence-electron chi connectivity index (χ2n) is 19.3. The predicted molar refractivity (Wildman–Crippen MR) is 270 cm³/mol. The Hall–Kier alpha value is -5.97. The van der Waals surface area contributed by atoms with E-state index in [2.05, 4.69) is 25.9 Å². The van der Waals surface area contributed by atoms with Crippen molar-refractivity contribution in [2.75, 3.05) is 57.8 Å². The molecule has 19 nitrogen and oxygen atoms in total. The van der Waals surface area contributed by atoms with E-state index in [0.29, 0.717) is 72.7 Å². The van der Waals surface area contributed by atoms with Crippen molar-refractivity contribution in [1.29, 1.82) is 0 Å². The quantitative estimate of drug-likeness (QED) is 0.0541. The molecule has 0 saturated carbocycles. The summed E-state index contributed by atoms with van der Waals surface area (Å²) < 4.78 is 44.3. The number of amides is 4. The Kier molecular flexibility index (Phi) is 16.8. The van der Waals surface area contributed by atoms with Crippen molar-refractivity contribution in [2.45, 2.75) is 90.4 Å². The van der Waals surface area contributed by atoms with E-state index < -0.39 is 62.8 Å². The molecule has 2 aliphatic heterocycles. The molecule has 21 heteroatoms. The van der Waals surface area contributed by atoms with Crippen molar-refractivity contribution < 1.29 is 46.9 Å². The number of sulfone groups is 1. The van der Waals surface area contributed by atoms with Crippen molar-refractivity contribution in [2.24, 2.45) is 18.2 Å². The van der Waals surface area contributed by atoms with Gasteiger partial charge >= 0.3 is 0 Å². The lowest BCUT2D eigenvalue weighted by Crippen LogP contribution is -2.58. The van der Waals surface area contributed by atoms with E-state index in [0.717, 1.165) is 38.9 Å². The van der Waals surface area contributed by atoms with Crippen LogP contribution in [0.2, 0.25) is 0 Å². The molecule has 2 aromatic carbocycles. The maximum atomic E-state index is 14.0. The number of hydrogen-bond donors (Lipinski definition) is 6. The van der Waals surface area contributed by atoms with Crippen molar-refractivity contribution >= 4 is 61.4 Å². The predicted octanol–water partition coefficient (Wildman–Crippen LogP) is 3.72. The van der Waals surface area contributed by atoms with Crippen molar-refractivity contribution in [3.05, 3.63) is 92.1 Å². The number of benzene rings is 2. The van der Waals surface area contributed by atoms with Gasteiger partial charge in [-0.2, -0.15) is 0 Å². The first-order valence-electron chi connectivity index (χ1n) is 23.6. The minimum Gasteiger partial charge on any atom is -0.391 e. The summed E-state index contributed by atoms with van der Waals surface area (Å²) in [5, 5.41) is 20.4. The molecular formula is C50H64N8O11S2. The van der Waals surface area contributed by atoms with Gasteiger partial charge in [-0.05, 0) is 65.5 Å². The summed E-state index contributed by atoms with van der Waals surface area (Å²) in [6.45, 7) is 9.14. The number of nitrogens with two attached hydrogens (primary N) is 1. The van der Waals surface area contributed by atoms with E-state index in [-0.39, 0.29) is 56.9 Å². The van der Waals surface area contributed by atoms with E-state index in [4.69, 9.17) is 19.9 Å². The third-order valence-corrected chi connectivity index (χ3v) is 14.4. The van der Waals surface area contributed by atoms with Crippen molar-refractivity contribution in [3.8, 4) is 21.6 Å². The standard InChI is InChI=1S/C50H64N8O11S2/c1-29-44(70-28-55-29)31-11-9-30(10-12-31)21-54-47(62)39-19-33(59)24-58(39)49(64)45(50(2,3)4)56-40(60)26-69-17-8-15-67-14-7-16-68-18-13-34-37(27-71(6,65)66)35(46(51)61)20-38-42(34)36-25-57(5)48(63)43-41(36)32(22-52-38)23-53-43/h9-12,20,23,25,28,33,39,45,52-53,59H,7-8,13-19,21-22,24,26-27H2,1-6H3,(H2,51,61)(H,54,62)(H,56,60)/t33-,39+,45-/m1/s1. The van der Waals surface area contributed by atoms with Crippen LogP contribution in [0.15, 0.2) is 53.0 Å².